The molecule has 0 saturated carbocycles. The number of nitrogens with zero attached hydrogens (tertiary/aromatic N) is 1. The van der Waals surface area contributed by atoms with Crippen LogP contribution in [-0.2, 0) is 13.0 Å². The standard InChI is InChI=1S/C16H19N3O2S/c1-10-17-8-11(22-10)9-18-16(20)19-14-7-6-13-12(14)4-3-5-15(13)21-2/h3-5,8,14H,6-7,9H2,1-2H3,(H2,18,19,20). The first kappa shape index (κ1) is 14.8. The molecule has 1 aromatic carbocycles. The van der Waals surface area contributed by atoms with Gasteiger partial charge in [0.2, 0.25) is 0 Å². The highest BCUT2D eigenvalue weighted by Crippen LogP contribution is 2.36. The maximum atomic E-state index is 12.1. The summed E-state index contributed by atoms with van der Waals surface area (Å²) in [4.78, 5) is 17.3. The van der Waals surface area contributed by atoms with Crippen molar-refractivity contribution in [3.63, 3.8) is 0 Å². The van der Waals surface area contributed by atoms with Crippen LogP contribution in [0.1, 0.15) is 33.5 Å². The molecule has 0 spiro atoms. The summed E-state index contributed by atoms with van der Waals surface area (Å²) < 4.78 is 5.38. The average Bonchev–Trinajstić information content (AvgIpc) is 3.12. The molecule has 5 nitrogen and oxygen atoms in total. The molecule has 6 heteroatoms. The molecule has 116 valence electrons. The molecule has 22 heavy (non-hydrogen) atoms. The van der Waals surface area contributed by atoms with Gasteiger partial charge in [-0.2, -0.15) is 0 Å². The number of urea groups is 1. The number of benzene rings is 1. The van der Waals surface area contributed by atoms with Gasteiger partial charge in [-0.3, -0.25) is 0 Å². The molecule has 0 fully saturated rings. The molecule has 0 bridgehead atoms. The first-order chi connectivity index (χ1) is 10.7. The normalized spacial score (nSPS) is 16.2. The van der Waals surface area contributed by atoms with Crippen molar-refractivity contribution < 1.29 is 9.53 Å². The van der Waals surface area contributed by atoms with E-state index in [4.69, 9.17) is 4.74 Å². The van der Waals surface area contributed by atoms with Gasteiger partial charge in [0.1, 0.15) is 5.75 Å². The molecule has 1 aliphatic carbocycles. The fourth-order valence-electron chi connectivity index (χ4n) is 2.83. The van der Waals surface area contributed by atoms with E-state index in [1.54, 1.807) is 24.6 Å². The lowest BCUT2D eigenvalue weighted by Gasteiger charge is -2.15. The van der Waals surface area contributed by atoms with E-state index < -0.39 is 0 Å². The van der Waals surface area contributed by atoms with Crippen molar-refractivity contribution in [2.24, 2.45) is 0 Å². The number of aromatic nitrogens is 1. The van der Waals surface area contributed by atoms with Gasteiger partial charge < -0.3 is 15.4 Å². The van der Waals surface area contributed by atoms with E-state index in [-0.39, 0.29) is 12.1 Å². The molecular weight excluding hydrogens is 298 g/mol. The Kier molecular flexibility index (Phi) is 4.29. The van der Waals surface area contributed by atoms with Gasteiger partial charge in [0.05, 0.1) is 24.7 Å². The second-order valence-corrected chi connectivity index (χ2v) is 6.61. The molecule has 0 saturated heterocycles. The molecule has 3 rings (SSSR count). The second-order valence-electron chi connectivity index (χ2n) is 5.29. The van der Waals surface area contributed by atoms with Gasteiger partial charge in [0, 0.05) is 11.1 Å². The van der Waals surface area contributed by atoms with Crippen LogP contribution >= 0.6 is 11.3 Å². The summed E-state index contributed by atoms with van der Waals surface area (Å²) in [6.07, 6.45) is 3.64. The van der Waals surface area contributed by atoms with Crippen LogP contribution in [0.15, 0.2) is 24.4 Å². The van der Waals surface area contributed by atoms with Gasteiger partial charge in [-0.25, -0.2) is 9.78 Å². The van der Waals surface area contributed by atoms with Crippen LogP contribution < -0.4 is 15.4 Å². The number of aryl methyl sites for hydroxylation is 1. The summed E-state index contributed by atoms with van der Waals surface area (Å²) >= 11 is 1.60. The number of thiazole rings is 1. The van der Waals surface area contributed by atoms with Crippen LogP contribution in [0.2, 0.25) is 0 Å². The summed E-state index contributed by atoms with van der Waals surface area (Å²) in [6.45, 7) is 2.46. The highest BCUT2D eigenvalue weighted by Gasteiger charge is 2.26. The van der Waals surface area contributed by atoms with Crippen molar-refractivity contribution in [2.45, 2.75) is 32.4 Å². The quantitative estimate of drug-likeness (QED) is 0.911. The van der Waals surface area contributed by atoms with E-state index in [1.165, 1.54) is 5.56 Å². The summed E-state index contributed by atoms with van der Waals surface area (Å²) in [5, 5.41) is 6.94. The first-order valence-electron chi connectivity index (χ1n) is 7.29. The van der Waals surface area contributed by atoms with E-state index in [1.807, 2.05) is 19.1 Å². The lowest BCUT2D eigenvalue weighted by molar-refractivity contribution is 0.236. The van der Waals surface area contributed by atoms with Crippen LogP contribution in [0, 0.1) is 6.92 Å². The molecule has 1 atom stereocenters. The van der Waals surface area contributed by atoms with Crippen molar-refractivity contribution >= 4 is 17.4 Å². The predicted molar refractivity (Wildman–Crippen MR) is 86.3 cm³/mol. The molecule has 1 heterocycles. The molecule has 2 amide bonds. The van der Waals surface area contributed by atoms with Gasteiger partial charge in [-0.15, -0.1) is 11.3 Å². The van der Waals surface area contributed by atoms with Crippen LogP contribution in [0.4, 0.5) is 4.79 Å². The number of methoxy groups -OCH3 is 1. The number of carbonyl (C=O) groups excluding carboxylic acids is 1. The van der Waals surface area contributed by atoms with Gasteiger partial charge >= 0.3 is 6.03 Å². The summed E-state index contributed by atoms with van der Waals surface area (Å²) in [5.41, 5.74) is 2.36. The van der Waals surface area contributed by atoms with E-state index in [2.05, 4.69) is 21.7 Å². The minimum absolute atomic E-state index is 0.0493. The Balaban J connectivity index is 1.60. The number of nitrogens with one attached hydrogen (secondary N) is 2. The molecule has 1 unspecified atom stereocenters. The number of amides is 2. The minimum atomic E-state index is -0.147. The van der Waals surface area contributed by atoms with Gasteiger partial charge in [0.25, 0.3) is 0 Å². The maximum absolute atomic E-state index is 12.1. The smallest absolute Gasteiger partial charge is 0.315 e. The number of carbonyl (C=O) groups is 1. The Bertz CT molecular complexity index is 684. The number of hydrogen-bond donors (Lipinski definition) is 2. The Labute approximate surface area is 133 Å². The van der Waals surface area contributed by atoms with Crippen molar-refractivity contribution in [3.05, 3.63) is 45.4 Å². The molecular formula is C16H19N3O2S. The SMILES string of the molecule is COc1cccc2c1CCC2NC(=O)NCc1cnc(C)s1. The molecule has 0 radical (unpaired) electrons. The van der Waals surface area contributed by atoms with Crippen molar-refractivity contribution in [1.82, 2.24) is 15.6 Å². The zero-order valence-electron chi connectivity index (χ0n) is 12.7. The van der Waals surface area contributed by atoms with Crippen LogP contribution in [-0.4, -0.2) is 18.1 Å². The third-order valence-corrected chi connectivity index (χ3v) is 4.76. The highest BCUT2D eigenvalue weighted by molar-refractivity contribution is 7.11. The van der Waals surface area contributed by atoms with Crippen molar-refractivity contribution in [2.75, 3.05) is 7.11 Å². The molecule has 2 aromatic rings. The zero-order valence-corrected chi connectivity index (χ0v) is 13.5. The van der Waals surface area contributed by atoms with Gasteiger partial charge in [0.15, 0.2) is 0 Å². The number of rotatable bonds is 4. The lowest BCUT2D eigenvalue weighted by atomic mass is 10.1. The number of hydrogen-bond acceptors (Lipinski definition) is 4. The van der Waals surface area contributed by atoms with E-state index in [9.17, 15) is 4.79 Å². The van der Waals surface area contributed by atoms with E-state index in [0.29, 0.717) is 6.54 Å². The monoisotopic (exact) mass is 317 g/mol. The van der Waals surface area contributed by atoms with Crippen LogP contribution in [0.3, 0.4) is 0 Å². The Morgan fingerprint density at radius 2 is 2.36 bits per heavy atom. The van der Waals surface area contributed by atoms with Gasteiger partial charge in [-0.1, -0.05) is 12.1 Å². The third kappa shape index (κ3) is 3.06. The fraction of sp³-hybridized carbons (Fsp3) is 0.375. The largest absolute Gasteiger partial charge is 0.496 e. The Morgan fingerprint density at radius 3 is 3.09 bits per heavy atom. The van der Waals surface area contributed by atoms with Crippen molar-refractivity contribution in [1.29, 1.82) is 0 Å². The lowest BCUT2D eigenvalue weighted by Crippen LogP contribution is -2.36. The summed E-state index contributed by atoms with van der Waals surface area (Å²) in [5.74, 6) is 0.905. The first-order valence-corrected chi connectivity index (χ1v) is 8.10. The molecule has 1 aliphatic rings. The fourth-order valence-corrected chi connectivity index (χ4v) is 3.56. The van der Waals surface area contributed by atoms with E-state index >= 15 is 0 Å². The molecule has 2 N–H and O–H groups in total. The number of ether oxygens (including phenoxy) is 1. The minimum Gasteiger partial charge on any atom is -0.496 e. The summed E-state index contributed by atoms with van der Waals surface area (Å²) in [7, 11) is 1.68. The van der Waals surface area contributed by atoms with Crippen LogP contribution in [0.25, 0.3) is 0 Å². The summed E-state index contributed by atoms with van der Waals surface area (Å²) in [6, 6.07) is 5.89. The van der Waals surface area contributed by atoms with E-state index in [0.717, 1.165) is 34.0 Å². The van der Waals surface area contributed by atoms with Gasteiger partial charge in [-0.05, 0) is 37.0 Å². The second kappa shape index (κ2) is 6.36. The zero-order chi connectivity index (χ0) is 15.5. The topological polar surface area (TPSA) is 63.2 Å². The molecule has 0 aliphatic heterocycles. The third-order valence-electron chi connectivity index (χ3n) is 3.85. The predicted octanol–water partition coefficient (Wildman–Crippen LogP) is 2.95. The number of fused-ring (bicyclic) bond motifs is 1. The Morgan fingerprint density at radius 1 is 1.50 bits per heavy atom. The average molecular weight is 317 g/mol. The molecule has 1 aromatic heterocycles. The maximum Gasteiger partial charge on any atom is 0.315 e. The van der Waals surface area contributed by atoms with Crippen LogP contribution in [0.5, 0.6) is 5.75 Å². The van der Waals surface area contributed by atoms with Crippen molar-refractivity contribution in [3.8, 4) is 5.75 Å². The highest BCUT2D eigenvalue weighted by atomic mass is 32.1. The Hall–Kier alpha value is -2.08.